The number of rotatable bonds is 3. The first-order valence-electron chi connectivity index (χ1n) is 7.45. The van der Waals surface area contributed by atoms with E-state index in [0.717, 1.165) is 25.0 Å². The van der Waals surface area contributed by atoms with Crippen LogP contribution in [0.15, 0.2) is 0 Å². The van der Waals surface area contributed by atoms with Gasteiger partial charge >= 0.3 is 0 Å². The van der Waals surface area contributed by atoms with Gasteiger partial charge < -0.3 is 11.1 Å². The predicted molar refractivity (Wildman–Crippen MR) is 80.6 cm³/mol. The summed E-state index contributed by atoms with van der Waals surface area (Å²) in [6.45, 7) is 8.56. The Labute approximate surface area is 120 Å². The molecule has 1 aromatic heterocycles. The molecule has 112 valence electrons. The fourth-order valence-electron chi connectivity index (χ4n) is 3.05. The Kier molecular flexibility index (Phi) is 4.06. The molecule has 20 heavy (non-hydrogen) atoms. The summed E-state index contributed by atoms with van der Waals surface area (Å²) in [6, 6.07) is 0.227. The van der Waals surface area contributed by atoms with Crippen LogP contribution in [0.4, 0.5) is 5.69 Å². The van der Waals surface area contributed by atoms with Crippen molar-refractivity contribution < 1.29 is 4.79 Å². The van der Waals surface area contributed by atoms with Crippen LogP contribution in [-0.2, 0) is 0 Å². The van der Waals surface area contributed by atoms with E-state index in [1.54, 1.807) is 0 Å². The molecule has 1 atom stereocenters. The SMILES string of the molecule is CC(C)c1[nH]nc(C(=O)NC2CCCC(C)(C)C2)c1N. The Hall–Kier alpha value is -1.52. The lowest BCUT2D eigenvalue weighted by molar-refractivity contribution is 0.0898. The molecule has 1 unspecified atom stereocenters. The molecule has 1 aromatic rings. The molecule has 5 heteroatoms. The van der Waals surface area contributed by atoms with Gasteiger partial charge in [0.25, 0.3) is 5.91 Å². The normalized spacial score (nSPS) is 21.9. The highest BCUT2D eigenvalue weighted by atomic mass is 16.2. The average molecular weight is 278 g/mol. The first-order chi connectivity index (χ1) is 9.30. The van der Waals surface area contributed by atoms with Crippen LogP contribution in [0.2, 0.25) is 0 Å². The summed E-state index contributed by atoms with van der Waals surface area (Å²) in [5, 5.41) is 10.0. The number of nitrogens with zero attached hydrogens (tertiary/aromatic N) is 1. The van der Waals surface area contributed by atoms with Gasteiger partial charge in [0.1, 0.15) is 0 Å². The number of amides is 1. The predicted octanol–water partition coefficient (Wildman–Crippen LogP) is 2.81. The minimum absolute atomic E-state index is 0.159. The van der Waals surface area contributed by atoms with Gasteiger partial charge in [-0.3, -0.25) is 9.89 Å². The lowest BCUT2D eigenvalue weighted by atomic mass is 9.75. The Morgan fingerprint density at radius 2 is 2.20 bits per heavy atom. The zero-order valence-corrected chi connectivity index (χ0v) is 12.9. The van der Waals surface area contributed by atoms with Crippen LogP contribution in [0.25, 0.3) is 0 Å². The Morgan fingerprint density at radius 3 is 2.75 bits per heavy atom. The van der Waals surface area contributed by atoms with E-state index >= 15 is 0 Å². The van der Waals surface area contributed by atoms with Crippen LogP contribution in [0.5, 0.6) is 0 Å². The first-order valence-corrected chi connectivity index (χ1v) is 7.45. The van der Waals surface area contributed by atoms with Gasteiger partial charge in [-0.1, -0.05) is 34.1 Å². The van der Waals surface area contributed by atoms with E-state index < -0.39 is 0 Å². The summed E-state index contributed by atoms with van der Waals surface area (Å²) in [5.74, 6) is 0.0750. The van der Waals surface area contributed by atoms with Crippen molar-refractivity contribution in [3.05, 3.63) is 11.4 Å². The highest BCUT2D eigenvalue weighted by Crippen LogP contribution is 2.35. The molecule has 0 saturated heterocycles. The molecule has 0 aromatic carbocycles. The van der Waals surface area contributed by atoms with E-state index in [2.05, 4.69) is 29.4 Å². The first kappa shape index (κ1) is 14.9. The second-order valence-corrected chi connectivity index (χ2v) is 6.99. The molecule has 0 spiro atoms. The molecule has 2 rings (SSSR count). The van der Waals surface area contributed by atoms with E-state index in [0.29, 0.717) is 16.8 Å². The van der Waals surface area contributed by atoms with E-state index in [1.165, 1.54) is 6.42 Å². The summed E-state index contributed by atoms with van der Waals surface area (Å²) >= 11 is 0. The number of hydrogen-bond acceptors (Lipinski definition) is 3. The average Bonchev–Trinajstić information content (AvgIpc) is 2.69. The second-order valence-electron chi connectivity index (χ2n) is 6.99. The number of carbonyl (C=O) groups is 1. The Morgan fingerprint density at radius 1 is 1.50 bits per heavy atom. The second kappa shape index (κ2) is 5.46. The van der Waals surface area contributed by atoms with Gasteiger partial charge in [0.2, 0.25) is 0 Å². The number of nitrogens with two attached hydrogens (primary N) is 1. The van der Waals surface area contributed by atoms with Crippen molar-refractivity contribution in [1.82, 2.24) is 15.5 Å². The minimum Gasteiger partial charge on any atom is -0.395 e. The van der Waals surface area contributed by atoms with Crippen LogP contribution in [-0.4, -0.2) is 22.1 Å². The molecule has 1 aliphatic carbocycles. The van der Waals surface area contributed by atoms with Gasteiger partial charge in [0.15, 0.2) is 5.69 Å². The fraction of sp³-hybridized carbons (Fsp3) is 0.733. The number of anilines is 1. The number of carbonyl (C=O) groups excluding carboxylic acids is 1. The number of nitrogen functional groups attached to an aromatic ring is 1. The van der Waals surface area contributed by atoms with Gasteiger partial charge in [-0.05, 0) is 30.6 Å². The maximum atomic E-state index is 12.3. The smallest absolute Gasteiger partial charge is 0.274 e. The maximum absolute atomic E-state index is 12.3. The van der Waals surface area contributed by atoms with Crippen LogP contribution in [0, 0.1) is 5.41 Å². The number of aromatic amines is 1. The summed E-state index contributed by atoms with van der Waals surface area (Å²) in [4.78, 5) is 12.3. The van der Waals surface area contributed by atoms with Gasteiger partial charge in [-0.25, -0.2) is 0 Å². The molecule has 0 aliphatic heterocycles. The van der Waals surface area contributed by atoms with Gasteiger partial charge in [0.05, 0.1) is 11.4 Å². The standard InChI is InChI=1S/C15H26N4O/c1-9(2)12-11(16)13(19-18-12)14(20)17-10-6-5-7-15(3,4)8-10/h9-10H,5-8,16H2,1-4H3,(H,17,20)(H,18,19). The zero-order valence-electron chi connectivity index (χ0n) is 12.9. The molecule has 0 radical (unpaired) electrons. The zero-order chi connectivity index (χ0) is 14.9. The number of aromatic nitrogens is 2. The molecule has 1 aliphatic rings. The van der Waals surface area contributed by atoms with Crippen molar-refractivity contribution in [2.75, 3.05) is 5.73 Å². The van der Waals surface area contributed by atoms with Crippen LogP contribution in [0.3, 0.4) is 0 Å². The van der Waals surface area contributed by atoms with E-state index in [-0.39, 0.29) is 17.9 Å². The van der Waals surface area contributed by atoms with Gasteiger partial charge in [-0.15, -0.1) is 0 Å². The highest BCUT2D eigenvalue weighted by molar-refractivity contribution is 5.97. The van der Waals surface area contributed by atoms with E-state index in [4.69, 9.17) is 5.73 Å². The number of hydrogen-bond donors (Lipinski definition) is 3. The third kappa shape index (κ3) is 3.14. The molecule has 5 nitrogen and oxygen atoms in total. The van der Waals surface area contributed by atoms with Crippen LogP contribution < -0.4 is 11.1 Å². The van der Waals surface area contributed by atoms with Gasteiger partial charge in [-0.2, -0.15) is 5.10 Å². The van der Waals surface area contributed by atoms with Crippen molar-refractivity contribution in [3.63, 3.8) is 0 Å². The molecule has 0 bridgehead atoms. The van der Waals surface area contributed by atoms with E-state index in [1.807, 2.05) is 13.8 Å². The maximum Gasteiger partial charge on any atom is 0.274 e. The number of H-pyrrole nitrogens is 1. The molecule has 1 fully saturated rings. The van der Waals surface area contributed by atoms with Crippen molar-refractivity contribution >= 4 is 11.6 Å². The van der Waals surface area contributed by atoms with E-state index in [9.17, 15) is 4.79 Å². The summed E-state index contributed by atoms with van der Waals surface area (Å²) in [5.41, 5.74) is 7.95. The quantitative estimate of drug-likeness (QED) is 0.795. The molecular formula is C15H26N4O. The van der Waals surface area contributed by atoms with Crippen molar-refractivity contribution in [2.24, 2.45) is 5.41 Å². The molecular weight excluding hydrogens is 252 g/mol. The number of nitrogens with one attached hydrogen (secondary N) is 2. The van der Waals surface area contributed by atoms with Crippen LogP contribution in [0.1, 0.15) is 75.5 Å². The Balaban J connectivity index is 2.05. The topological polar surface area (TPSA) is 83.8 Å². The summed E-state index contributed by atoms with van der Waals surface area (Å²) in [7, 11) is 0. The van der Waals surface area contributed by atoms with Crippen molar-refractivity contribution in [3.8, 4) is 0 Å². The summed E-state index contributed by atoms with van der Waals surface area (Å²) < 4.78 is 0. The third-order valence-corrected chi connectivity index (χ3v) is 4.17. The minimum atomic E-state index is -0.159. The lowest BCUT2D eigenvalue weighted by Crippen LogP contribution is -2.41. The molecule has 1 saturated carbocycles. The Bertz CT molecular complexity index is 490. The molecule has 1 amide bonds. The van der Waals surface area contributed by atoms with Crippen molar-refractivity contribution in [2.45, 2.75) is 65.3 Å². The highest BCUT2D eigenvalue weighted by Gasteiger charge is 2.30. The third-order valence-electron chi connectivity index (χ3n) is 4.17. The summed E-state index contributed by atoms with van der Waals surface area (Å²) in [6.07, 6.45) is 4.43. The monoisotopic (exact) mass is 278 g/mol. The van der Waals surface area contributed by atoms with Crippen LogP contribution >= 0.6 is 0 Å². The lowest BCUT2D eigenvalue weighted by Gasteiger charge is -2.35. The fourth-order valence-corrected chi connectivity index (χ4v) is 3.05. The molecule has 1 heterocycles. The van der Waals surface area contributed by atoms with Crippen molar-refractivity contribution in [1.29, 1.82) is 0 Å². The molecule has 4 N–H and O–H groups in total. The largest absolute Gasteiger partial charge is 0.395 e. The van der Waals surface area contributed by atoms with Gasteiger partial charge in [0, 0.05) is 6.04 Å².